The number of carboxylic acids is 1. The quantitative estimate of drug-likeness (QED) is 0.718. The van der Waals surface area contributed by atoms with E-state index in [4.69, 9.17) is 10.8 Å². The van der Waals surface area contributed by atoms with Gasteiger partial charge in [-0.25, -0.2) is 0 Å². The summed E-state index contributed by atoms with van der Waals surface area (Å²) in [5, 5.41) is 8.80. The fraction of sp³-hybridized carbons (Fsp3) is 0.875. The number of rotatable bonds is 3. The zero-order valence-electron chi connectivity index (χ0n) is 8.00. The highest BCUT2D eigenvalue weighted by molar-refractivity contribution is 5.85. The molecule has 0 bridgehead atoms. The number of hydrogen-bond acceptors (Lipinski definition) is 2. The third-order valence-corrected chi connectivity index (χ3v) is 1.73. The van der Waals surface area contributed by atoms with Gasteiger partial charge in [-0.15, -0.1) is 12.4 Å². The van der Waals surface area contributed by atoms with E-state index in [2.05, 4.69) is 0 Å². The Morgan fingerprint density at radius 1 is 1.42 bits per heavy atom. The molecule has 0 aromatic heterocycles. The molecule has 0 radical (unpaired) electrons. The van der Waals surface area contributed by atoms with E-state index in [9.17, 15) is 4.79 Å². The topological polar surface area (TPSA) is 63.3 Å². The predicted molar refractivity (Wildman–Crippen MR) is 51.5 cm³/mol. The van der Waals surface area contributed by atoms with Gasteiger partial charge in [-0.05, 0) is 19.8 Å². The first-order valence-electron chi connectivity index (χ1n) is 3.78. The van der Waals surface area contributed by atoms with Crippen molar-refractivity contribution in [1.29, 1.82) is 0 Å². The summed E-state index contributed by atoms with van der Waals surface area (Å²) in [5.41, 5.74) is 5.06. The van der Waals surface area contributed by atoms with Gasteiger partial charge in [0.25, 0.3) is 0 Å². The molecule has 0 aliphatic carbocycles. The summed E-state index contributed by atoms with van der Waals surface area (Å²) < 4.78 is 0. The van der Waals surface area contributed by atoms with Gasteiger partial charge >= 0.3 is 5.97 Å². The second kappa shape index (κ2) is 4.67. The third kappa shape index (κ3) is 3.93. The van der Waals surface area contributed by atoms with Crippen LogP contribution in [-0.2, 0) is 4.79 Å². The van der Waals surface area contributed by atoms with E-state index in [1.54, 1.807) is 13.8 Å². The maximum Gasteiger partial charge on any atom is 0.308 e. The molecular weight excluding hydrogens is 178 g/mol. The standard InChI is InChI=1S/C8H17NO2.ClH/c1-5(2)6(7(10)11)8(3,4)9;/h5-6H,9H2,1-4H3,(H,10,11);1H. The average Bonchev–Trinajstić information content (AvgIpc) is 1.54. The molecule has 0 aliphatic rings. The highest BCUT2D eigenvalue weighted by Crippen LogP contribution is 2.22. The molecule has 0 saturated heterocycles. The van der Waals surface area contributed by atoms with Crippen LogP contribution in [0.1, 0.15) is 27.7 Å². The van der Waals surface area contributed by atoms with Gasteiger partial charge in [-0.2, -0.15) is 0 Å². The zero-order valence-corrected chi connectivity index (χ0v) is 8.81. The number of carbonyl (C=O) groups is 1. The Labute approximate surface area is 79.7 Å². The van der Waals surface area contributed by atoms with Crippen LogP contribution in [0.25, 0.3) is 0 Å². The Morgan fingerprint density at radius 2 is 1.75 bits per heavy atom. The van der Waals surface area contributed by atoms with Gasteiger partial charge in [0, 0.05) is 5.54 Å². The second-order valence-corrected chi connectivity index (χ2v) is 3.88. The van der Waals surface area contributed by atoms with Crippen LogP contribution in [0.5, 0.6) is 0 Å². The molecule has 0 spiro atoms. The fourth-order valence-electron chi connectivity index (χ4n) is 1.46. The van der Waals surface area contributed by atoms with E-state index in [1.807, 2.05) is 13.8 Å². The first-order valence-corrected chi connectivity index (χ1v) is 3.78. The van der Waals surface area contributed by atoms with E-state index < -0.39 is 17.4 Å². The Balaban J connectivity index is 0. The van der Waals surface area contributed by atoms with Crippen molar-refractivity contribution in [2.75, 3.05) is 0 Å². The molecular formula is C8H18ClNO2. The van der Waals surface area contributed by atoms with Crippen LogP contribution in [0.3, 0.4) is 0 Å². The number of nitrogens with two attached hydrogens (primary N) is 1. The molecule has 1 unspecified atom stereocenters. The van der Waals surface area contributed by atoms with Gasteiger partial charge in [0.2, 0.25) is 0 Å². The summed E-state index contributed by atoms with van der Waals surface area (Å²) >= 11 is 0. The second-order valence-electron chi connectivity index (χ2n) is 3.88. The summed E-state index contributed by atoms with van der Waals surface area (Å²) in [6.45, 7) is 7.22. The minimum atomic E-state index is -0.813. The minimum absolute atomic E-state index is 0. The molecule has 3 N–H and O–H groups in total. The lowest BCUT2D eigenvalue weighted by Gasteiger charge is -2.29. The normalized spacial score (nSPS) is 13.8. The number of halogens is 1. The smallest absolute Gasteiger partial charge is 0.308 e. The predicted octanol–water partition coefficient (Wildman–Crippen LogP) is 1.50. The van der Waals surface area contributed by atoms with Crippen molar-refractivity contribution < 1.29 is 9.90 Å². The molecule has 3 nitrogen and oxygen atoms in total. The molecule has 74 valence electrons. The lowest BCUT2D eigenvalue weighted by molar-refractivity contribution is -0.145. The molecule has 0 rings (SSSR count). The van der Waals surface area contributed by atoms with E-state index >= 15 is 0 Å². The van der Waals surface area contributed by atoms with Crippen LogP contribution in [0.2, 0.25) is 0 Å². The Kier molecular flexibility index (Phi) is 5.55. The maximum absolute atomic E-state index is 10.7. The molecule has 0 aromatic rings. The summed E-state index contributed by atoms with van der Waals surface area (Å²) in [6, 6.07) is 0. The fourth-order valence-corrected chi connectivity index (χ4v) is 1.46. The van der Waals surface area contributed by atoms with Crippen LogP contribution in [0.4, 0.5) is 0 Å². The van der Waals surface area contributed by atoms with E-state index in [-0.39, 0.29) is 18.3 Å². The highest BCUT2D eigenvalue weighted by atomic mass is 35.5. The molecule has 0 saturated carbocycles. The number of carboxylic acid groups (broad SMARTS) is 1. The Morgan fingerprint density at radius 3 is 1.75 bits per heavy atom. The average molecular weight is 196 g/mol. The van der Waals surface area contributed by atoms with Gasteiger partial charge in [0.15, 0.2) is 0 Å². The van der Waals surface area contributed by atoms with E-state index in [1.165, 1.54) is 0 Å². The van der Waals surface area contributed by atoms with Crippen molar-refractivity contribution in [2.45, 2.75) is 33.2 Å². The largest absolute Gasteiger partial charge is 0.481 e. The minimum Gasteiger partial charge on any atom is -0.481 e. The van der Waals surface area contributed by atoms with Crippen molar-refractivity contribution in [3.63, 3.8) is 0 Å². The summed E-state index contributed by atoms with van der Waals surface area (Å²) in [5.74, 6) is -1.21. The van der Waals surface area contributed by atoms with Crippen molar-refractivity contribution in [2.24, 2.45) is 17.6 Å². The van der Waals surface area contributed by atoms with Gasteiger partial charge < -0.3 is 10.8 Å². The Hall–Kier alpha value is -0.280. The first-order chi connectivity index (χ1) is 4.76. The van der Waals surface area contributed by atoms with Crippen LogP contribution >= 0.6 is 12.4 Å². The molecule has 1 atom stereocenters. The number of hydrogen-bond donors (Lipinski definition) is 2. The highest BCUT2D eigenvalue weighted by Gasteiger charge is 2.34. The van der Waals surface area contributed by atoms with Crippen molar-refractivity contribution in [1.82, 2.24) is 0 Å². The van der Waals surface area contributed by atoms with E-state index in [0.717, 1.165) is 0 Å². The summed E-state index contributed by atoms with van der Waals surface area (Å²) in [4.78, 5) is 10.7. The Bertz CT molecular complexity index is 152. The van der Waals surface area contributed by atoms with Gasteiger partial charge in [0.1, 0.15) is 0 Å². The SMILES string of the molecule is CC(C)C(C(=O)O)C(C)(C)N.Cl. The lowest BCUT2D eigenvalue weighted by atomic mass is 9.80. The van der Waals surface area contributed by atoms with Gasteiger partial charge in [-0.3, -0.25) is 4.79 Å². The van der Waals surface area contributed by atoms with Crippen molar-refractivity contribution in [3.05, 3.63) is 0 Å². The number of aliphatic carboxylic acids is 1. The molecule has 0 aromatic carbocycles. The molecule has 4 heteroatoms. The van der Waals surface area contributed by atoms with Crippen molar-refractivity contribution >= 4 is 18.4 Å². The summed E-state index contributed by atoms with van der Waals surface area (Å²) in [7, 11) is 0. The molecule has 0 heterocycles. The maximum atomic E-state index is 10.7. The molecule has 0 amide bonds. The van der Waals surface area contributed by atoms with Crippen molar-refractivity contribution in [3.8, 4) is 0 Å². The first kappa shape index (κ1) is 14.3. The van der Waals surface area contributed by atoms with Crippen LogP contribution in [-0.4, -0.2) is 16.6 Å². The molecule has 0 fully saturated rings. The van der Waals surface area contributed by atoms with Crippen LogP contribution in [0.15, 0.2) is 0 Å². The van der Waals surface area contributed by atoms with Crippen LogP contribution < -0.4 is 5.73 Å². The zero-order chi connectivity index (χ0) is 9.23. The summed E-state index contributed by atoms with van der Waals surface area (Å²) in [6.07, 6.45) is 0. The molecule has 0 aliphatic heterocycles. The van der Waals surface area contributed by atoms with E-state index in [0.29, 0.717) is 0 Å². The molecule has 12 heavy (non-hydrogen) atoms. The van der Waals surface area contributed by atoms with Crippen LogP contribution in [0, 0.1) is 11.8 Å². The monoisotopic (exact) mass is 195 g/mol. The third-order valence-electron chi connectivity index (χ3n) is 1.73. The van der Waals surface area contributed by atoms with Gasteiger partial charge in [0.05, 0.1) is 5.92 Å². The lowest BCUT2D eigenvalue weighted by Crippen LogP contribution is -2.47. The van der Waals surface area contributed by atoms with Gasteiger partial charge in [-0.1, -0.05) is 13.8 Å².